The Balaban J connectivity index is 1.87. The number of fused-ring (bicyclic) bond motifs is 1. The highest BCUT2D eigenvalue weighted by atomic mass is 16.2. The SMILES string of the molecule is CCCN(Cc1nccn1C)C(=O)Cn1nc(C)c2ccccc2c1=O. The van der Waals surface area contributed by atoms with Gasteiger partial charge in [0.2, 0.25) is 5.91 Å². The van der Waals surface area contributed by atoms with Crippen molar-refractivity contribution in [3.05, 3.63) is 58.5 Å². The lowest BCUT2D eigenvalue weighted by atomic mass is 10.1. The van der Waals surface area contributed by atoms with Gasteiger partial charge in [-0.1, -0.05) is 25.1 Å². The number of carbonyl (C=O) groups is 1. The largest absolute Gasteiger partial charge is 0.337 e. The summed E-state index contributed by atoms with van der Waals surface area (Å²) in [7, 11) is 1.90. The van der Waals surface area contributed by atoms with Crippen LogP contribution in [0.25, 0.3) is 10.8 Å². The first-order valence-electron chi connectivity index (χ1n) is 8.71. The topological polar surface area (TPSA) is 73.0 Å². The number of rotatable bonds is 6. The van der Waals surface area contributed by atoms with Gasteiger partial charge in [-0.05, 0) is 19.4 Å². The average Bonchev–Trinajstić information content (AvgIpc) is 3.04. The molecule has 1 aromatic carbocycles. The molecule has 0 atom stereocenters. The molecule has 26 heavy (non-hydrogen) atoms. The fraction of sp³-hybridized carbons (Fsp3) is 0.368. The Morgan fingerprint density at radius 2 is 1.96 bits per heavy atom. The molecule has 3 rings (SSSR count). The molecule has 0 aliphatic heterocycles. The van der Waals surface area contributed by atoms with Gasteiger partial charge in [0.25, 0.3) is 5.56 Å². The van der Waals surface area contributed by atoms with Crippen LogP contribution >= 0.6 is 0 Å². The molecule has 0 radical (unpaired) electrons. The number of hydrogen-bond donors (Lipinski definition) is 0. The molecular formula is C19H23N5O2. The van der Waals surface area contributed by atoms with Crippen molar-refractivity contribution in [1.29, 1.82) is 0 Å². The Morgan fingerprint density at radius 3 is 2.62 bits per heavy atom. The normalized spacial score (nSPS) is 11.0. The van der Waals surface area contributed by atoms with Crippen LogP contribution in [0.1, 0.15) is 24.9 Å². The van der Waals surface area contributed by atoms with E-state index >= 15 is 0 Å². The van der Waals surface area contributed by atoms with Crippen molar-refractivity contribution in [2.75, 3.05) is 6.54 Å². The molecule has 0 bridgehead atoms. The molecule has 2 heterocycles. The molecule has 0 aliphatic carbocycles. The molecule has 0 saturated carbocycles. The average molecular weight is 353 g/mol. The maximum atomic E-state index is 12.8. The van der Waals surface area contributed by atoms with Crippen LogP contribution in [0.5, 0.6) is 0 Å². The lowest BCUT2D eigenvalue weighted by Gasteiger charge is -2.22. The fourth-order valence-electron chi connectivity index (χ4n) is 3.02. The monoisotopic (exact) mass is 353 g/mol. The van der Waals surface area contributed by atoms with Crippen molar-refractivity contribution >= 4 is 16.7 Å². The lowest BCUT2D eigenvalue weighted by Crippen LogP contribution is -2.38. The summed E-state index contributed by atoms with van der Waals surface area (Å²) in [5, 5.41) is 5.74. The van der Waals surface area contributed by atoms with Crippen LogP contribution < -0.4 is 5.56 Å². The van der Waals surface area contributed by atoms with Gasteiger partial charge in [0.05, 0.1) is 17.6 Å². The van der Waals surface area contributed by atoms with E-state index in [0.717, 1.165) is 23.3 Å². The zero-order valence-corrected chi connectivity index (χ0v) is 15.3. The van der Waals surface area contributed by atoms with Crippen molar-refractivity contribution < 1.29 is 4.79 Å². The molecule has 136 valence electrons. The number of benzene rings is 1. The van der Waals surface area contributed by atoms with Gasteiger partial charge in [-0.2, -0.15) is 5.10 Å². The summed E-state index contributed by atoms with van der Waals surface area (Å²) >= 11 is 0. The van der Waals surface area contributed by atoms with E-state index in [0.29, 0.717) is 18.5 Å². The van der Waals surface area contributed by atoms with Gasteiger partial charge in [-0.15, -0.1) is 0 Å². The molecule has 0 aliphatic rings. The Labute approximate surface area is 151 Å². The summed E-state index contributed by atoms with van der Waals surface area (Å²) in [6.07, 6.45) is 4.39. The van der Waals surface area contributed by atoms with Gasteiger partial charge in [0.1, 0.15) is 12.4 Å². The number of carbonyl (C=O) groups excluding carboxylic acids is 1. The number of aromatic nitrogens is 4. The summed E-state index contributed by atoms with van der Waals surface area (Å²) in [5.41, 5.74) is 0.493. The molecule has 0 fully saturated rings. The minimum absolute atomic E-state index is 0.0745. The third kappa shape index (κ3) is 3.51. The van der Waals surface area contributed by atoms with Crippen LogP contribution in [0.4, 0.5) is 0 Å². The Morgan fingerprint density at radius 1 is 1.23 bits per heavy atom. The third-order valence-electron chi connectivity index (χ3n) is 4.44. The lowest BCUT2D eigenvalue weighted by molar-refractivity contribution is -0.132. The third-order valence-corrected chi connectivity index (χ3v) is 4.44. The highest BCUT2D eigenvalue weighted by molar-refractivity contribution is 5.83. The Bertz CT molecular complexity index is 989. The van der Waals surface area contributed by atoms with Gasteiger partial charge >= 0.3 is 0 Å². The van der Waals surface area contributed by atoms with E-state index in [2.05, 4.69) is 10.1 Å². The van der Waals surface area contributed by atoms with Crippen molar-refractivity contribution in [1.82, 2.24) is 24.2 Å². The van der Waals surface area contributed by atoms with E-state index in [1.54, 1.807) is 17.2 Å². The first-order valence-corrected chi connectivity index (χ1v) is 8.71. The van der Waals surface area contributed by atoms with Crippen LogP contribution in [0.3, 0.4) is 0 Å². The fourth-order valence-corrected chi connectivity index (χ4v) is 3.02. The molecule has 7 nitrogen and oxygen atoms in total. The summed E-state index contributed by atoms with van der Waals surface area (Å²) in [6, 6.07) is 7.34. The summed E-state index contributed by atoms with van der Waals surface area (Å²) in [6.45, 7) is 4.81. The number of aryl methyl sites for hydroxylation is 2. The molecule has 0 N–H and O–H groups in total. The number of imidazole rings is 1. The van der Waals surface area contributed by atoms with Crippen molar-refractivity contribution in [2.24, 2.45) is 7.05 Å². The van der Waals surface area contributed by atoms with Crippen molar-refractivity contribution in [3.63, 3.8) is 0 Å². The molecule has 0 saturated heterocycles. The second kappa shape index (κ2) is 7.51. The van der Waals surface area contributed by atoms with Crippen LogP contribution in [0.15, 0.2) is 41.5 Å². The van der Waals surface area contributed by atoms with Crippen LogP contribution in [-0.2, 0) is 24.9 Å². The molecule has 3 aromatic rings. The van der Waals surface area contributed by atoms with E-state index in [1.165, 1.54) is 4.68 Å². The van der Waals surface area contributed by atoms with Crippen molar-refractivity contribution in [2.45, 2.75) is 33.4 Å². The quantitative estimate of drug-likeness (QED) is 0.678. The predicted molar refractivity (Wildman–Crippen MR) is 99.7 cm³/mol. The molecule has 1 amide bonds. The summed E-state index contributed by atoms with van der Waals surface area (Å²) in [5.74, 6) is 0.668. The van der Waals surface area contributed by atoms with E-state index in [9.17, 15) is 9.59 Å². The maximum Gasteiger partial charge on any atom is 0.275 e. The van der Waals surface area contributed by atoms with Gasteiger partial charge < -0.3 is 9.47 Å². The highest BCUT2D eigenvalue weighted by Gasteiger charge is 2.18. The van der Waals surface area contributed by atoms with E-state index in [1.807, 2.05) is 49.9 Å². The molecule has 0 spiro atoms. The Kier molecular flexibility index (Phi) is 5.16. The van der Waals surface area contributed by atoms with Gasteiger partial charge in [-0.3, -0.25) is 9.59 Å². The zero-order valence-electron chi connectivity index (χ0n) is 15.3. The molecular weight excluding hydrogens is 330 g/mol. The summed E-state index contributed by atoms with van der Waals surface area (Å²) in [4.78, 5) is 31.5. The van der Waals surface area contributed by atoms with Crippen molar-refractivity contribution in [3.8, 4) is 0 Å². The highest BCUT2D eigenvalue weighted by Crippen LogP contribution is 2.12. The molecule has 0 unspecified atom stereocenters. The predicted octanol–water partition coefficient (Wildman–Crippen LogP) is 1.88. The number of hydrogen-bond acceptors (Lipinski definition) is 4. The van der Waals surface area contributed by atoms with Crippen LogP contribution in [-0.4, -0.2) is 36.7 Å². The van der Waals surface area contributed by atoms with E-state index in [4.69, 9.17) is 0 Å². The Hall–Kier alpha value is -2.96. The number of nitrogens with zero attached hydrogens (tertiary/aromatic N) is 5. The van der Waals surface area contributed by atoms with Crippen LogP contribution in [0, 0.1) is 6.92 Å². The minimum atomic E-state index is -0.243. The van der Waals surface area contributed by atoms with E-state index in [-0.39, 0.29) is 18.0 Å². The van der Waals surface area contributed by atoms with Gasteiger partial charge in [0, 0.05) is 31.4 Å². The zero-order chi connectivity index (χ0) is 18.7. The molecule has 2 aromatic heterocycles. The first kappa shape index (κ1) is 17.8. The minimum Gasteiger partial charge on any atom is -0.337 e. The first-order chi connectivity index (χ1) is 12.5. The second-order valence-electron chi connectivity index (χ2n) is 6.36. The molecule has 7 heteroatoms. The van der Waals surface area contributed by atoms with Gasteiger partial charge in [-0.25, -0.2) is 9.67 Å². The smallest absolute Gasteiger partial charge is 0.275 e. The summed E-state index contributed by atoms with van der Waals surface area (Å²) < 4.78 is 3.15. The number of amides is 1. The van der Waals surface area contributed by atoms with Crippen LogP contribution in [0.2, 0.25) is 0 Å². The van der Waals surface area contributed by atoms with E-state index < -0.39 is 0 Å². The van der Waals surface area contributed by atoms with Gasteiger partial charge in [0.15, 0.2) is 0 Å². The maximum absolute atomic E-state index is 12.8. The standard InChI is InChI=1S/C19H23N5O2/c1-4-10-23(12-17-20-9-11-22(17)3)18(25)13-24-19(26)16-8-6-5-7-15(16)14(2)21-24/h5-9,11H,4,10,12-13H2,1-3H3. The second-order valence-corrected chi connectivity index (χ2v) is 6.36.